The molecule has 0 N–H and O–H groups in total. The summed E-state index contributed by atoms with van der Waals surface area (Å²) >= 11 is 0. The fraction of sp³-hybridized carbons (Fsp3) is 0.440. The Morgan fingerprint density at radius 2 is 1.73 bits per heavy atom. The van der Waals surface area contributed by atoms with E-state index in [2.05, 4.69) is 21.8 Å². The molecule has 2 aliphatic heterocycles. The van der Waals surface area contributed by atoms with Crippen LogP contribution in [0.2, 0.25) is 0 Å². The number of ether oxygens (including phenoxy) is 2. The van der Waals surface area contributed by atoms with Crippen molar-refractivity contribution in [3.05, 3.63) is 52.8 Å². The van der Waals surface area contributed by atoms with Crippen LogP contribution in [0.25, 0.3) is 22.1 Å². The third kappa shape index (κ3) is 4.88. The van der Waals surface area contributed by atoms with E-state index in [0.717, 1.165) is 43.9 Å². The van der Waals surface area contributed by atoms with Gasteiger partial charge in [-0.05, 0) is 24.7 Å². The smallest absolute Gasteiger partial charge is 0.301 e. The van der Waals surface area contributed by atoms with Gasteiger partial charge in [-0.15, -0.1) is 0 Å². The van der Waals surface area contributed by atoms with Gasteiger partial charge in [0.15, 0.2) is 5.58 Å². The molecule has 2 fully saturated rings. The average Bonchev–Trinajstić information content (AvgIpc) is 2.86. The highest BCUT2D eigenvalue weighted by Gasteiger charge is 2.21. The Morgan fingerprint density at radius 3 is 2.48 bits per heavy atom. The van der Waals surface area contributed by atoms with E-state index in [1.54, 1.807) is 6.07 Å². The first-order valence-electron chi connectivity index (χ1n) is 11.6. The van der Waals surface area contributed by atoms with Crippen molar-refractivity contribution in [3.8, 4) is 16.9 Å². The monoisotopic (exact) mass is 450 g/mol. The fourth-order valence-electron chi connectivity index (χ4n) is 4.34. The molecule has 33 heavy (non-hydrogen) atoms. The van der Waals surface area contributed by atoms with Crippen LogP contribution in [0, 0.1) is 0 Å². The molecular weight excluding hydrogens is 420 g/mol. The number of anilines is 1. The highest BCUT2D eigenvalue weighted by molar-refractivity contribution is 5.95. The van der Waals surface area contributed by atoms with Crippen molar-refractivity contribution in [3.63, 3.8) is 0 Å². The number of likely N-dealkylation sites (N-methyl/N-ethyl adjacent to an activating group) is 1. The lowest BCUT2D eigenvalue weighted by Crippen LogP contribution is -2.45. The van der Waals surface area contributed by atoms with E-state index in [-0.39, 0.29) is 5.56 Å². The van der Waals surface area contributed by atoms with Crippen molar-refractivity contribution in [2.45, 2.75) is 0 Å². The lowest BCUT2D eigenvalue weighted by molar-refractivity contribution is 0.120. The molecule has 0 bridgehead atoms. The maximum Gasteiger partial charge on any atom is 0.301 e. The van der Waals surface area contributed by atoms with Crippen molar-refractivity contribution in [2.75, 3.05) is 77.6 Å². The highest BCUT2D eigenvalue weighted by atomic mass is 16.5. The second-order valence-corrected chi connectivity index (χ2v) is 8.58. The lowest BCUT2D eigenvalue weighted by Gasteiger charge is -2.32. The molecule has 8 nitrogen and oxygen atoms in total. The zero-order chi connectivity index (χ0) is 22.6. The Balaban J connectivity index is 1.49. The largest absolute Gasteiger partial charge is 0.491 e. The quantitative estimate of drug-likeness (QED) is 0.567. The number of nitrogens with zero attached hydrogens (tertiary/aromatic N) is 4. The Kier molecular flexibility index (Phi) is 6.57. The van der Waals surface area contributed by atoms with Crippen LogP contribution in [0.1, 0.15) is 0 Å². The number of fused-ring (bicyclic) bond motifs is 1. The molecule has 0 aliphatic carbocycles. The fourth-order valence-corrected chi connectivity index (χ4v) is 4.34. The van der Waals surface area contributed by atoms with Gasteiger partial charge in [0.1, 0.15) is 12.4 Å². The summed E-state index contributed by atoms with van der Waals surface area (Å²) < 4.78 is 18.0. The maximum atomic E-state index is 12.9. The van der Waals surface area contributed by atoms with Gasteiger partial charge in [-0.1, -0.05) is 30.3 Å². The Morgan fingerprint density at radius 1 is 0.970 bits per heavy atom. The molecule has 8 heteroatoms. The topological polar surface area (TPSA) is 71.3 Å². The summed E-state index contributed by atoms with van der Waals surface area (Å²) in [4.78, 5) is 23.8. The van der Waals surface area contributed by atoms with Crippen LogP contribution in [0.3, 0.4) is 0 Å². The van der Waals surface area contributed by atoms with Crippen LogP contribution in [0.15, 0.2) is 51.7 Å². The molecule has 0 radical (unpaired) electrons. The predicted octanol–water partition coefficient (Wildman–Crippen LogP) is 2.32. The van der Waals surface area contributed by atoms with Gasteiger partial charge < -0.3 is 23.7 Å². The maximum absolute atomic E-state index is 12.9. The van der Waals surface area contributed by atoms with E-state index in [9.17, 15) is 4.79 Å². The normalized spacial score (nSPS) is 18.0. The predicted molar refractivity (Wildman–Crippen MR) is 128 cm³/mol. The molecule has 2 aromatic carbocycles. The van der Waals surface area contributed by atoms with Crippen LogP contribution in [0.4, 0.5) is 6.01 Å². The van der Waals surface area contributed by atoms with Gasteiger partial charge in [0.2, 0.25) is 0 Å². The first kappa shape index (κ1) is 21.9. The summed E-state index contributed by atoms with van der Waals surface area (Å²) in [6, 6.07) is 13.9. The molecule has 1 aromatic heterocycles. The molecule has 0 unspecified atom stereocenters. The van der Waals surface area contributed by atoms with Crippen LogP contribution in [-0.2, 0) is 4.74 Å². The number of hydrogen-bond acceptors (Lipinski definition) is 8. The Labute approximate surface area is 193 Å². The molecule has 0 saturated carbocycles. The van der Waals surface area contributed by atoms with Crippen LogP contribution in [0.5, 0.6) is 5.75 Å². The summed E-state index contributed by atoms with van der Waals surface area (Å²) in [6.07, 6.45) is 0. The molecular formula is C25H30N4O4. The van der Waals surface area contributed by atoms with Gasteiger partial charge in [-0.25, -0.2) is 0 Å². The van der Waals surface area contributed by atoms with Crippen LogP contribution in [-0.4, -0.2) is 87.5 Å². The van der Waals surface area contributed by atoms with Crippen molar-refractivity contribution in [2.24, 2.45) is 0 Å². The number of hydrogen-bond donors (Lipinski definition) is 0. The van der Waals surface area contributed by atoms with Gasteiger partial charge in [-0.2, -0.15) is 4.98 Å². The standard InChI is InChI=1S/C25H30N4O4/c1-27-9-11-28(12-10-27)13-18-32-21-8-7-20-23(22(21)19-5-3-2-4-6-19)33-25(26-24(20)30)29-14-16-31-17-15-29/h2-8H,9-18H2,1H3. The van der Waals surface area contributed by atoms with Gasteiger partial charge in [0, 0.05) is 45.8 Å². The average molecular weight is 451 g/mol. The SMILES string of the molecule is CN1CCN(CCOc2ccc3c(=O)nc(N4CCOCC4)oc3c2-c2ccccc2)CC1. The molecule has 0 spiro atoms. The summed E-state index contributed by atoms with van der Waals surface area (Å²) in [7, 11) is 2.16. The summed E-state index contributed by atoms with van der Waals surface area (Å²) in [5.41, 5.74) is 1.96. The Hall–Kier alpha value is -2.94. The molecule has 5 rings (SSSR count). The summed E-state index contributed by atoms with van der Waals surface area (Å²) in [6.45, 7) is 8.14. The van der Waals surface area contributed by atoms with E-state index in [0.29, 0.717) is 55.6 Å². The summed E-state index contributed by atoms with van der Waals surface area (Å²) in [5, 5.41) is 0.456. The van der Waals surface area contributed by atoms with Crippen LogP contribution < -0.4 is 15.2 Å². The number of aromatic nitrogens is 1. The molecule has 0 atom stereocenters. The zero-order valence-corrected chi connectivity index (χ0v) is 19.0. The number of rotatable bonds is 6. The third-order valence-electron chi connectivity index (χ3n) is 6.35. The van der Waals surface area contributed by atoms with Gasteiger partial charge in [0.25, 0.3) is 5.56 Å². The van der Waals surface area contributed by atoms with Crippen molar-refractivity contribution in [1.82, 2.24) is 14.8 Å². The van der Waals surface area contributed by atoms with E-state index in [4.69, 9.17) is 13.9 Å². The van der Waals surface area contributed by atoms with Gasteiger partial charge in [-0.3, -0.25) is 9.69 Å². The highest BCUT2D eigenvalue weighted by Crippen LogP contribution is 2.37. The van der Waals surface area contributed by atoms with Crippen molar-refractivity contribution in [1.29, 1.82) is 0 Å². The van der Waals surface area contributed by atoms with Gasteiger partial charge in [0.05, 0.1) is 24.2 Å². The number of benzene rings is 2. The minimum atomic E-state index is -0.293. The number of piperazine rings is 1. The molecule has 3 aromatic rings. The first-order valence-corrected chi connectivity index (χ1v) is 11.6. The van der Waals surface area contributed by atoms with Crippen molar-refractivity contribution >= 4 is 17.0 Å². The lowest BCUT2D eigenvalue weighted by atomic mass is 10.0. The Bertz CT molecular complexity index is 1140. The van der Waals surface area contributed by atoms with Crippen molar-refractivity contribution < 1.29 is 13.9 Å². The van der Waals surface area contributed by atoms with Crippen LogP contribution >= 0.6 is 0 Å². The third-order valence-corrected chi connectivity index (χ3v) is 6.35. The molecule has 3 heterocycles. The number of morpholine rings is 1. The van der Waals surface area contributed by atoms with E-state index >= 15 is 0 Å². The molecule has 2 aliphatic rings. The minimum Gasteiger partial charge on any atom is -0.491 e. The zero-order valence-electron chi connectivity index (χ0n) is 19.0. The second-order valence-electron chi connectivity index (χ2n) is 8.58. The molecule has 174 valence electrons. The van der Waals surface area contributed by atoms with E-state index < -0.39 is 0 Å². The van der Waals surface area contributed by atoms with Gasteiger partial charge >= 0.3 is 6.01 Å². The summed E-state index contributed by atoms with van der Waals surface area (Å²) in [5.74, 6) is 0.713. The molecule has 2 saturated heterocycles. The van der Waals surface area contributed by atoms with E-state index in [1.807, 2.05) is 41.3 Å². The second kappa shape index (κ2) is 9.91. The minimum absolute atomic E-state index is 0.293. The van der Waals surface area contributed by atoms with E-state index in [1.165, 1.54) is 0 Å². The molecule has 0 amide bonds. The first-order chi connectivity index (χ1) is 16.2.